The van der Waals surface area contributed by atoms with E-state index in [1.165, 1.54) is 0 Å². The molecule has 0 aliphatic heterocycles. The van der Waals surface area contributed by atoms with Crippen molar-refractivity contribution in [2.45, 2.75) is 33.6 Å². The largest absolute Gasteiger partial charge is 0.385 e. The van der Waals surface area contributed by atoms with Crippen LogP contribution in [-0.4, -0.2) is 30.9 Å². The minimum absolute atomic E-state index is 0.106. The van der Waals surface area contributed by atoms with Gasteiger partial charge in [0.1, 0.15) is 0 Å². The normalized spacial score (nSPS) is 10.2. The zero-order valence-electron chi connectivity index (χ0n) is 11.9. The average molecular weight is 248 g/mol. The predicted octanol–water partition coefficient (Wildman–Crippen LogP) is 3.30. The third kappa shape index (κ3) is 3.76. The second-order valence-corrected chi connectivity index (χ2v) is 4.64. The first-order valence-electron chi connectivity index (χ1n) is 6.70. The smallest absolute Gasteiger partial charge is 0.253 e. The number of carbonyl (C=O) groups excluding carboxylic acids is 1. The fraction of sp³-hybridized carbons (Fsp3) is 0.533. The van der Waals surface area contributed by atoms with Crippen LogP contribution < -0.4 is 5.32 Å². The molecular weight excluding hydrogens is 224 g/mol. The van der Waals surface area contributed by atoms with Crippen LogP contribution in [0.1, 0.15) is 42.6 Å². The van der Waals surface area contributed by atoms with Crippen LogP contribution >= 0.6 is 0 Å². The maximum atomic E-state index is 12.2. The maximum Gasteiger partial charge on any atom is 0.253 e. The van der Waals surface area contributed by atoms with Crippen LogP contribution in [-0.2, 0) is 0 Å². The molecule has 3 nitrogen and oxygen atoms in total. The van der Waals surface area contributed by atoms with E-state index in [1.54, 1.807) is 4.90 Å². The number of carbonyl (C=O) groups is 1. The molecule has 0 aliphatic rings. The monoisotopic (exact) mass is 248 g/mol. The van der Waals surface area contributed by atoms with E-state index < -0.39 is 0 Å². The Bertz CT molecular complexity index is 401. The summed E-state index contributed by atoms with van der Waals surface area (Å²) in [5.74, 6) is 0.106. The number of anilines is 1. The first kappa shape index (κ1) is 14.6. The Morgan fingerprint density at radius 2 is 2.06 bits per heavy atom. The maximum absolute atomic E-state index is 12.2. The number of nitrogens with zero attached hydrogens (tertiary/aromatic N) is 1. The van der Waals surface area contributed by atoms with Crippen molar-refractivity contribution in [2.24, 2.45) is 0 Å². The highest BCUT2D eigenvalue weighted by atomic mass is 16.2. The summed E-state index contributed by atoms with van der Waals surface area (Å²) < 4.78 is 0. The summed E-state index contributed by atoms with van der Waals surface area (Å²) in [4.78, 5) is 14.0. The van der Waals surface area contributed by atoms with Gasteiger partial charge in [-0.3, -0.25) is 4.79 Å². The molecule has 3 heteroatoms. The molecule has 0 saturated carbocycles. The van der Waals surface area contributed by atoms with Crippen molar-refractivity contribution in [3.63, 3.8) is 0 Å². The summed E-state index contributed by atoms with van der Waals surface area (Å²) in [6.45, 7) is 7.94. The molecule has 1 aromatic rings. The molecule has 18 heavy (non-hydrogen) atoms. The minimum atomic E-state index is 0.106. The summed E-state index contributed by atoms with van der Waals surface area (Å²) >= 11 is 0. The second kappa shape index (κ2) is 7.04. The van der Waals surface area contributed by atoms with Crippen molar-refractivity contribution >= 4 is 11.6 Å². The van der Waals surface area contributed by atoms with Gasteiger partial charge in [-0.15, -0.1) is 0 Å². The van der Waals surface area contributed by atoms with Gasteiger partial charge in [0.05, 0.1) is 0 Å². The van der Waals surface area contributed by atoms with E-state index in [2.05, 4.69) is 19.2 Å². The topological polar surface area (TPSA) is 32.3 Å². The van der Waals surface area contributed by atoms with Crippen molar-refractivity contribution in [2.75, 3.05) is 25.5 Å². The van der Waals surface area contributed by atoms with Crippen molar-refractivity contribution < 1.29 is 4.79 Å². The molecule has 1 aromatic carbocycles. The van der Waals surface area contributed by atoms with Crippen LogP contribution in [0.3, 0.4) is 0 Å². The molecule has 1 amide bonds. The Morgan fingerprint density at radius 3 is 2.61 bits per heavy atom. The lowest BCUT2D eigenvalue weighted by Gasteiger charge is -2.17. The van der Waals surface area contributed by atoms with Gasteiger partial charge in [-0.2, -0.15) is 0 Å². The van der Waals surface area contributed by atoms with Gasteiger partial charge in [-0.1, -0.05) is 13.3 Å². The molecule has 0 radical (unpaired) electrons. The van der Waals surface area contributed by atoms with Crippen LogP contribution in [0.5, 0.6) is 0 Å². The summed E-state index contributed by atoms with van der Waals surface area (Å²) in [6.07, 6.45) is 2.16. The molecule has 0 heterocycles. The van der Waals surface area contributed by atoms with E-state index in [0.29, 0.717) is 0 Å². The van der Waals surface area contributed by atoms with Crippen LogP contribution in [0.15, 0.2) is 18.2 Å². The third-order valence-corrected chi connectivity index (χ3v) is 3.03. The van der Waals surface area contributed by atoms with E-state index >= 15 is 0 Å². The molecule has 1 N–H and O–H groups in total. The standard InChI is InChI=1S/C15H24N2O/c1-5-7-10-17(4)15(18)13-8-9-14(16-6-2)12(3)11-13/h8-9,11,16H,5-7,10H2,1-4H3. The Kier molecular flexibility index (Phi) is 5.69. The van der Waals surface area contributed by atoms with Crippen LogP contribution in [0.4, 0.5) is 5.69 Å². The highest BCUT2D eigenvalue weighted by molar-refractivity contribution is 5.94. The van der Waals surface area contributed by atoms with Gasteiger partial charge in [0.15, 0.2) is 0 Å². The summed E-state index contributed by atoms with van der Waals surface area (Å²) in [7, 11) is 1.87. The quantitative estimate of drug-likeness (QED) is 0.837. The molecule has 0 atom stereocenters. The number of hydrogen-bond donors (Lipinski definition) is 1. The summed E-state index contributed by atoms with van der Waals surface area (Å²) in [5.41, 5.74) is 2.99. The highest BCUT2D eigenvalue weighted by Gasteiger charge is 2.11. The first-order chi connectivity index (χ1) is 8.60. The highest BCUT2D eigenvalue weighted by Crippen LogP contribution is 2.17. The molecule has 1 rings (SSSR count). The third-order valence-electron chi connectivity index (χ3n) is 3.03. The van der Waals surface area contributed by atoms with Gasteiger partial charge >= 0.3 is 0 Å². The van der Waals surface area contributed by atoms with Gasteiger partial charge in [-0.05, 0) is 44.0 Å². The molecule has 0 unspecified atom stereocenters. The van der Waals surface area contributed by atoms with Crippen LogP contribution in [0.2, 0.25) is 0 Å². The molecule has 0 bridgehead atoms. The van der Waals surface area contributed by atoms with Gasteiger partial charge in [-0.25, -0.2) is 0 Å². The van der Waals surface area contributed by atoms with Crippen molar-refractivity contribution in [1.29, 1.82) is 0 Å². The molecule has 0 fully saturated rings. The Balaban J connectivity index is 2.77. The predicted molar refractivity (Wildman–Crippen MR) is 77.2 cm³/mol. The van der Waals surface area contributed by atoms with Crippen molar-refractivity contribution in [3.8, 4) is 0 Å². The lowest BCUT2D eigenvalue weighted by Crippen LogP contribution is -2.27. The molecule has 0 aliphatic carbocycles. The first-order valence-corrected chi connectivity index (χ1v) is 6.70. The van der Waals surface area contributed by atoms with Crippen molar-refractivity contribution in [3.05, 3.63) is 29.3 Å². The fourth-order valence-corrected chi connectivity index (χ4v) is 1.90. The zero-order chi connectivity index (χ0) is 13.5. The van der Waals surface area contributed by atoms with E-state index in [0.717, 1.165) is 42.7 Å². The molecule has 0 saturated heterocycles. The van der Waals surface area contributed by atoms with Crippen LogP contribution in [0.25, 0.3) is 0 Å². The fourth-order valence-electron chi connectivity index (χ4n) is 1.90. The van der Waals surface area contributed by atoms with E-state index in [4.69, 9.17) is 0 Å². The number of rotatable bonds is 6. The van der Waals surface area contributed by atoms with Gasteiger partial charge < -0.3 is 10.2 Å². The number of hydrogen-bond acceptors (Lipinski definition) is 2. The Hall–Kier alpha value is -1.51. The van der Waals surface area contributed by atoms with E-state index in [9.17, 15) is 4.79 Å². The Labute approximate surface area is 110 Å². The minimum Gasteiger partial charge on any atom is -0.385 e. The average Bonchev–Trinajstić information content (AvgIpc) is 2.37. The number of amides is 1. The number of aryl methyl sites for hydroxylation is 1. The number of unbranched alkanes of at least 4 members (excludes halogenated alkanes) is 1. The van der Waals surface area contributed by atoms with Gasteiger partial charge in [0.25, 0.3) is 5.91 Å². The van der Waals surface area contributed by atoms with Crippen molar-refractivity contribution in [1.82, 2.24) is 4.90 Å². The molecule has 0 spiro atoms. The van der Waals surface area contributed by atoms with Crippen LogP contribution in [0, 0.1) is 6.92 Å². The SMILES string of the molecule is CCCCN(C)C(=O)c1ccc(NCC)c(C)c1. The second-order valence-electron chi connectivity index (χ2n) is 4.64. The lowest BCUT2D eigenvalue weighted by molar-refractivity contribution is 0.0793. The summed E-state index contributed by atoms with van der Waals surface area (Å²) in [5, 5.41) is 3.28. The molecule has 0 aromatic heterocycles. The number of benzene rings is 1. The molecular formula is C15H24N2O. The number of nitrogens with one attached hydrogen (secondary N) is 1. The van der Waals surface area contributed by atoms with E-state index in [-0.39, 0.29) is 5.91 Å². The zero-order valence-corrected chi connectivity index (χ0v) is 11.9. The Morgan fingerprint density at radius 1 is 1.33 bits per heavy atom. The van der Waals surface area contributed by atoms with E-state index in [1.807, 2.05) is 32.2 Å². The molecule has 100 valence electrons. The van der Waals surface area contributed by atoms with Gasteiger partial charge in [0.2, 0.25) is 0 Å². The summed E-state index contributed by atoms with van der Waals surface area (Å²) in [6, 6.07) is 5.85. The van der Waals surface area contributed by atoms with Gasteiger partial charge in [0, 0.05) is 31.4 Å². The lowest BCUT2D eigenvalue weighted by atomic mass is 10.1.